The van der Waals surface area contributed by atoms with Gasteiger partial charge < -0.3 is 15.0 Å². The van der Waals surface area contributed by atoms with Crippen molar-refractivity contribution in [3.05, 3.63) is 24.3 Å². The summed E-state index contributed by atoms with van der Waals surface area (Å²) in [6.45, 7) is 1.99. The highest BCUT2D eigenvalue weighted by Crippen LogP contribution is 2.19. The van der Waals surface area contributed by atoms with Crippen molar-refractivity contribution in [2.45, 2.75) is 30.6 Å². The van der Waals surface area contributed by atoms with Gasteiger partial charge in [0.05, 0.1) is 18.1 Å². The summed E-state index contributed by atoms with van der Waals surface area (Å²) in [4.78, 5) is 25.8. The molecule has 3 N–H and O–H groups in total. The van der Waals surface area contributed by atoms with E-state index in [-0.39, 0.29) is 28.4 Å². The van der Waals surface area contributed by atoms with Crippen molar-refractivity contribution >= 4 is 44.9 Å². The number of hydrazine groups is 1. The van der Waals surface area contributed by atoms with E-state index >= 15 is 0 Å². The molecule has 0 radical (unpaired) electrons. The van der Waals surface area contributed by atoms with E-state index in [0.717, 1.165) is 19.3 Å². The number of thiocarbonyl (C=S) groups is 1. The molecule has 2 amide bonds. The van der Waals surface area contributed by atoms with Gasteiger partial charge in [0.15, 0.2) is 5.11 Å². The van der Waals surface area contributed by atoms with Gasteiger partial charge in [-0.05, 0) is 49.3 Å². The van der Waals surface area contributed by atoms with Crippen molar-refractivity contribution in [1.82, 2.24) is 20.1 Å². The summed E-state index contributed by atoms with van der Waals surface area (Å²) in [5.74, 6) is -0.383. The predicted octanol–water partition coefficient (Wildman–Crippen LogP) is 0.428. The van der Waals surface area contributed by atoms with Gasteiger partial charge >= 0.3 is 0 Å². The Morgan fingerprint density at radius 3 is 2.45 bits per heavy atom. The molecule has 2 saturated heterocycles. The number of hydrogen-bond donors (Lipinski definition) is 3. The monoisotopic (exact) mass is 469 g/mol. The molecule has 0 aliphatic carbocycles. The molecule has 0 spiro atoms. The van der Waals surface area contributed by atoms with Crippen molar-refractivity contribution < 1.29 is 22.7 Å². The number of nitrogens with zero attached hydrogens (tertiary/aromatic N) is 2. The van der Waals surface area contributed by atoms with Crippen LogP contribution in [-0.2, 0) is 24.3 Å². The number of nitrogens with one attached hydrogen (secondary N) is 3. The normalized spacial score (nSPS) is 18.2. The number of sulfonamides is 1. The van der Waals surface area contributed by atoms with Crippen molar-refractivity contribution in [2.75, 3.05) is 44.7 Å². The Kier molecular flexibility index (Phi) is 8.18. The fraction of sp³-hybridized carbons (Fsp3) is 0.526. The third-order valence-corrected chi connectivity index (χ3v) is 7.16. The summed E-state index contributed by atoms with van der Waals surface area (Å²) in [5, 5.41) is 3.01. The lowest BCUT2D eigenvalue weighted by atomic mass is 10.2. The van der Waals surface area contributed by atoms with E-state index in [4.69, 9.17) is 17.0 Å². The summed E-state index contributed by atoms with van der Waals surface area (Å²) >= 11 is 5.15. The number of carbonyl (C=O) groups is 2. The first-order valence-corrected chi connectivity index (χ1v) is 12.0. The van der Waals surface area contributed by atoms with Gasteiger partial charge in [-0.1, -0.05) is 6.42 Å². The highest BCUT2D eigenvalue weighted by molar-refractivity contribution is 7.89. The Bertz CT molecular complexity index is 901. The van der Waals surface area contributed by atoms with E-state index in [1.807, 2.05) is 0 Å². The first-order chi connectivity index (χ1) is 14.9. The highest BCUT2D eigenvalue weighted by Gasteiger charge is 2.26. The van der Waals surface area contributed by atoms with Gasteiger partial charge in [-0.15, -0.1) is 0 Å². The third kappa shape index (κ3) is 6.60. The fourth-order valence-corrected chi connectivity index (χ4v) is 4.93. The van der Waals surface area contributed by atoms with Crippen LogP contribution < -0.4 is 16.2 Å². The molecule has 31 heavy (non-hydrogen) atoms. The zero-order valence-corrected chi connectivity index (χ0v) is 18.8. The maximum Gasteiger partial charge on any atom is 0.257 e. The van der Waals surface area contributed by atoms with Gasteiger partial charge in [0.2, 0.25) is 15.9 Å². The summed E-state index contributed by atoms with van der Waals surface area (Å²) in [7, 11) is -3.56. The van der Waals surface area contributed by atoms with Crippen LogP contribution in [0.2, 0.25) is 0 Å². The molecule has 3 rings (SSSR count). The molecule has 1 aromatic rings. The number of amides is 2. The number of likely N-dealkylation sites (tertiary alicyclic amines) is 1. The second-order valence-electron chi connectivity index (χ2n) is 7.29. The zero-order chi connectivity index (χ0) is 22.3. The van der Waals surface area contributed by atoms with Gasteiger partial charge in [-0.25, -0.2) is 8.42 Å². The standard InChI is InChI=1S/C19H27N5O5S2/c25-17(14-23-9-3-1-2-4-18(23)26)21-22-19(30)20-15-5-7-16(8-6-15)31(27,28)24-10-12-29-13-11-24/h5-8H,1-4,9-14H2,(H,21,25)(H2,20,22,30). The molecular weight excluding hydrogens is 442 g/mol. The van der Waals surface area contributed by atoms with E-state index in [9.17, 15) is 18.0 Å². The highest BCUT2D eigenvalue weighted by atomic mass is 32.2. The minimum Gasteiger partial charge on any atom is -0.379 e. The van der Waals surface area contributed by atoms with Gasteiger partial charge in [0.25, 0.3) is 5.91 Å². The van der Waals surface area contributed by atoms with Crippen molar-refractivity contribution in [3.63, 3.8) is 0 Å². The molecule has 2 heterocycles. The molecule has 12 heteroatoms. The zero-order valence-electron chi connectivity index (χ0n) is 17.1. The average molecular weight is 470 g/mol. The van der Waals surface area contributed by atoms with Crippen LogP contribution in [0.1, 0.15) is 25.7 Å². The van der Waals surface area contributed by atoms with Gasteiger partial charge in [0.1, 0.15) is 6.54 Å². The molecule has 170 valence electrons. The van der Waals surface area contributed by atoms with E-state index in [1.54, 1.807) is 17.0 Å². The van der Waals surface area contributed by atoms with Gasteiger partial charge in [-0.3, -0.25) is 20.4 Å². The molecular formula is C19H27N5O5S2. The Morgan fingerprint density at radius 1 is 1.03 bits per heavy atom. The van der Waals surface area contributed by atoms with Crippen LogP contribution in [-0.4, -0.2) is 73.9 Å². The lowest BCUT2D eigenvalue weighted by Crippen LogP contribution is -2.48. The predicted molar refractivity (Wildman–Crippen MR) is 119 cm³/mol. The number of carbonyl (C=O) groups excluding carboxylic acids is 2. The number of rotatable bonds is 5. The van der Waals surface area contributed by atoms with E-state index in [0.29, 0.717) is 45.0 Å². The Hall–Kier alpha value is -2.28. The molecule has 0 bridgehead atoms. The summed E-state index contributed by atoms with van der Waals surface area (Å²) in [6.07, 6.45) is 3.21. The molecule has 1 aromatic carbocycles. The molecule has 10 nitrogen and oxygen atoms in total. The summed E-state index contributed by atoms with van der Waals surface area (Å²) < 4.78 is 31.9. The average Bonchev–Trinajstić information content (AvgIpc) is 2.97. The lowest BCUT2D eigenvalue weighted by Gasteiger charge is -2.26. The van der Waals surface area contributed by atoms with Crippen LogP contribution in [0.25, 0.3) is 0 Å². The van der Waals surface area contributed by atoms with E-state index < -0.39 is 10.0 Å². The van der Waals surface area contributed by atoms with Gasteiger partial charge in [0, 0.05) is 31.7 Å². The molecule has 0 unspecified atom stereocenters. The van der Waals surface area contributed by atoms with Crippen LogP contribution in [0.4, 0.5) is 5.69 Å². The Morgan fingerprint density at radius 2 is 1.74 bits per heavy atom. The van der Waals surface area contributed by atoms with Crippen molar-refractivity contribution in [3.8, 4) is 0 Å². The van der Waals surface area contributed by atoms with Crippen molar-refractivity contribution in [2.24, 2.45) is 0 Å². The third-order valence-electron chi connectivity index (χ3n) is 5.04. The van der Waals surface area contributed by atoms with Crippen LogP contribution in [0.15, 0.2) is 29.2 Å². The fourth-order valence-electron chi connectivity index (χ4n) is 3.35. The Labute approximate surface area is 187 Å². The first-order valence-electron chi connectivity index (χ1n) is 10.2. The molecule has 0 atom stereocenters. The molecule has 2 fully saturated rings. The number of benzene rings is 1. The smallest absolute Gasteiger partial charge is 0.257 e. The number of morpholine rings is 1. The lowest BCUT2D eigenvalue weighted by molar-refractivity contribution is -0.135. The molecule has 0 saturated carbocycles. The second kappa shape index (κ2) is 10.8. The maximum atomic E-state index is 12.6. The quantitative estimate of drug-likeness (QED) is 0.420. The molecule has 2 aliphatic heterocycles. The summed E-state index contributed by atoms with van der Waals surface area (Å²) in [6, 6.07) is 6.19. The number of anilines is 1. The largest absolute Gasteiger partial charge is 0.379 e. The SMILES string of the molecule is O=C(CN1CCCCCC1=O)NNC(=S)Nc1ccc(S(=O)(=O)N2CCOCC2)cc1. The van der Waals surface area contributed by atoms with E-state index in [2.05, 4.69) is 16.2 Å². The number of ether oxygens (including phenoxy) is 1. The van der Waals surface area contributed by atoms with Gasteiger partial charge in [-0.2, -0.15) is 4.31 Å². The topological polar surface area (TPSA) is 120 Å². The minimum atomic E-state index is -3.56. The first kappa shape index (κ1) is 23.4. The van der Waals surface area contributed by atoms with E-state index in [1.165, 1.54) is 16.4 Å². The Balaban J connectivity index is 1.47. The minimum absolute atomic E-state index is 0.0135. The molecule has 0 aromatic heterocycles. The number of hydrogen-bond acceptors (Lipinski definition) is 6. The van der Waals surface area contributed by atoms with Crippen LogP contribution >= 0.6 is 12.2 Å². The maximum absolute atomic E-state index is 12.6. The van der Waals surface area contributed by atoms with Crippen LogP contribution in [0.3, 0.4) is 0 Å². The van der Waals surface area contributed by atoms with Crippen LogP contribution in [0, 0.1) is 0 Å². The van der Waals surface area contributed by atoms with Crippen LogP contribution in [0.5, 0.6) is 0 Å². The molecule has 2 aliphatic rings. The second-order valence-corrected chi connectivity index (χ2v) is 9.64. The van der Waals surface area contributed by atoms with Crippen molar-refractivity contribution in [1.29, 1.82) is 0 Å². The summed E-state index contributed by atoms with van der Waals surface area (Å²) in [5.41, 5.74) is 5.62.